The number of Topliss-reactive ketones (excluding diaryl/α,β-unsaturated/α-hetero) is 1. The van der Waals surface area contributed by atoms with Crippen LogP contribution in [0, 0.1) is 0 Å². The van der Waals surface area contributed by atoms with Crippen LogP contribution in [0.1, 0.15) is 58.0 Å². The number of rotatable bonds is 4. The number of aryl methyl sites for hydroxylation is 1. The number of fused-ring (bicyclic) bond motifs is 3. The van der Waals surface area contributed by atoms with Crippen LogP contribution in [-0.4, -0.2) is 18.2 Å². The Balaban J connectivity index is 1.93. The summed E-state index contributed by atoms with van der Waals surface area (Å²) < 4.78 is 5.55. The second-order valence-electron chi connectivity index (χ2n) is 6.09. The lowest BCUT2D eigenvalue weighted by molar-refractivity contribution is 0.0883. The van der Waals surface area contributed by atoms with Gasteiger partial charge in [0.2, 0.25) is 5.78 Å². The second kappa shape index (κ2) is 5.91. The predicted octanol–water partition coefficient (Wildman–Crippen LogP) is 3.81. The minimum Gasteiger partial charge on any atom is -0.489 e. The Bertz CT molecular complexity index is 695. The number of carbonyl (C=O) groups excluding carboxylic acids is 2. The molecule has 0 saturated carbocycles. The van der Waals surface area contributed by atoms with E-state index in [0.29, 0.717) is 24.2 Å². The zero-order valence-corrected chi connectivity index (χ0v) is 12.9. The van der Waals surface area contributed by atoms with Gasteiger partial charge in [-0.1, -0.05) is 17.7 Å². The maximum Gasteiger partial charge on any atom is 0.228 e. The van der Waals surface area contributed by atoms with E-state index >= 15 is 0 Å². The van der Waals surface area contributed by atoms with Crippen LogP contribution in [0.15, 0.2) is 36.1 Å². The van der Waals surface area contributed by atoms with Crippen LogP contribution in [-0.2, 0) is 17.6 Å². The first kappa shape index (κ1) is 14.8. The summed E-state index contributed by atoms with van der Waals surface area (Å²) in [6.07, 6.45) is 6.08. The highest BCUT2D eigenvalue weighted by atomic mass is 16.5. The van der Waals surface area contributed by atoms with Crippen LogP contribution in [0.2, 0.25) is 0 Å². The molecule has 0 N–H and O–H groups in total. The minimum absolute atomic E-state index is 0.131. The summed E-state index contributed by atoms with van der Waals surface area (Å²) in [7, 11) is 0. The van der Waals surface area contributed by atoms with Gasteiger partial charge in [-0.05, 0) is 43.7 Å². The molecule has 0 radical (unpaired) electrons. The van der Waals surface area contributed by atoms with Crippen LogP contribution in [0.5, 0.6) is 0 Å². The summed E-state index contributed by atoms with van der Waals surface area (Å²) in [6, 6.07) is 3.79. The van der Waals surface area contributed by atoms with Gasteiger partial charge in [0.25, 0.3) is 0 Å². The lowest BCUT2D eigenvalue weighted by Crippen LogP contribution is -2.23. The van der Waals surface area contributed by atoms with Crippen molar-refractivity contribution in [2.75, 3.05) is 6.61 Å². The molecule has 0 unspecified atom stereocenters. The monoisotopic (exact) mass is 296 g/mol. The minimum atomic E-state index is -0.143. The molecule has 22 heavy (non-hydrogen) atoms. The van der Waals surface area contributed by atoms with E-state index in [-0.39, 0.29) is 17.3 Å². The van der Waals surface area contributed by atoms with Gasteiger partial charge < -0.3 is 4.74 Å². The van der Waals surface area contributed by atoms with Gasteiger partial charge >= 0.3 is 0 Å². The van der Waals surface area contributed by atoms with E-state index in [9.17, 15) is 9.59 Å². The Morgan fingerprint density at radius 3 is 2.77 bits per heavy atom. The molecule has 2 aliphatic rings. The van der Waals surface area contributed by atoms with E-state index in [1.165, 1.54) is 11.6 Å². The molecule has 0 heterocycles. The Hall–Kier alpha value is -2.16. The second-order valence-corrected chi connectivity index (χ2v) is 6.09. The van der Waals surface area contributed by atoms with Crippen molar-refractivity contribution in [3.8, 4) is 0 Å². The highest BCUT2D eigenvalue weighted by Crippen LogP contribution is 2.32. The average Bonchev–Trinajstić information content (AvgIpc) is 2.50. The van der Waals surface area contributed by atoms with Gasteiger partial charge in [0.15, 0.2) is 11.5 Å². The van der Waals surface area contributed by atoms with Crippen molar-refractivity contribution in [3.63, 3.8) is 0 Å². The van der Waals surface area contributed by atoms with Gasteiger partial charge in [0, 0.05) is 23.6 Å². The van der Waals surface area contributed by atoms with Crippen LogP contribution >= 0.6 is 0 Å². The molecule has 3 nitrogen and oxygen atoms in total. The number of hydrogen-bond acceptors (Lipinski definition) is 3. The number of hydrogen-bond donors (Lipinski definition) is 0. The Morgan fingerprint density at radius 1 is 1.23 bits per heavy atom. The first-order valence-electron chi connectivity index (χ1n) is 7.80. The largest absolute Gasteiger partial charge is 0.489 e. The maximum absolute atomic E-state index is 12.7. The van der Waals surface area contributed by atoms with Crippen molar-refractivity contribution in [2.24, 2.45) is 0 Å². The van der Waals surface area contributed by atoms with Crippen LogP contribution < -0.4 is 0 Å². The number of ether oxygens (including phenoxy) is 1. The highest BCUT2D eigenvalue weighted by Gasteiger charge is 2.31. The molecule has 1 aromatic carbocycles. The van der Waals surface area contributed by atoms with Crippen molar-refractivity contribution in [3.05, 3.63) is 58.4 Å². The molecule has 0 bridgehead atoms. The van der Waals surface area contributed by atoms with Gasteiger partial charge in [-0.3, -0.25) is 9.59 Å². The van der Waals surface area contributed by atoms with Gasteiger partial charge in [0.1, 0.15) is 0 Å². The smallest absolute Gasteiger partial charge is 0.228 e. The van der Waals surface area contributed by atoms with Crippen LogP contribution in [0.4, 0.5) is 0 Å². The quantitative estimate of drug-likeness (QED) is 0.793. The number of benzene rings is 1. The summed E-state index contributed by atoms with van der Waals surface area (Å²) in [5.41, 5.74) is 4.35. The molecular formula is C19H20O3. The van der Waals surface area contributed by atoms with Crippen molar-refractivity contribution in [1.29, 1.82) is 0 Å². The van der Waals surface area contributed by atoms with Gasteiger partial charge in [0.05, 0.1) is 6.61 Å². The zero-order valence-electron chi connectivity index (χ0n) is 12.9. The third-order valence-corrected chi connectivity index (χ3v) is 4.30. The SMILES string of the molecule is C=C(C)CCOC1=CC(=O)c2ccc3c(c2C1=O)CCCC3. The van der Waals surface area contributed by atoms with E-state index in [1.807, 2.05) is 13.0 Å². The van der Waals surface area contributed by atoms with E-state index in [0.717, 1.165) is 36.8 Å². The highest BCUT2D eigenvalue weighted by molar-refractivity contribution is 6.24. The fraction of sp³-hybridized carbons (Fsp3) is 0.368. The van der Waals surface area contributed by atoms with Crippen molar-refractivity contribution >= 4 is 11.6 Å². The lowest BCUT2D eigenvalue weighted by atomic mass is 9.81. The number of allylic oxidation sites excluding steroid dienone is 2. The van der Waals surface area contributed by atoms with E-state index in [2.05, 4.69) is 6.58 Å². The van der Waals surface area contributed by atoms with Gasteiger partial charge in [-0.25, -0.2) is 0 Å². The third kappa shape index (κ3) is 2.63. The molecule has 0 fully saturated rings. The summed E-state index contributed by atoms with van der Waals surface area (Å²) >= 11 is 0. The van der Waals surface area contributed by atoms with Gasteiger partial charge in [-0.2, -0.15) is 0 Å². The fourth-order valence-electron chi connectivity index (χ4n) is 3.12. The predicted molar refractivity (Wildman–Crippen MR) is 85.2 cm³/mol. The van der Waals surface area contributed by atoms with Crippen LogP contribution in [0.25, 0.3) is 0 Å². The van der Waals surface area contributed by atoms with Crippen molar-refractivity contribution < 1.29 is 14.3 Å². The summed E-state index contributed by atoms with van der Waals surface area (Å²) in [5, 5.41) is 0. The molecule has 114 valence electrons. The van der Waals surface area contributed by atoms with E-state index in [1.54, 1.807) is 6.07 Å². The van der Waals surface area contributed by atoms with E-state index in [4.69, 9.17) is 4.74 Å². The molecule has 3 heteroatoms. The molecule has 0 spiro atoms. The molecule has 0 saturated heterocycles. The normalized spacial score (nSPS) is 16.7. The topological polar surface area (TPSA) is 43.4 Å². The molecule has 2 aliphatic carbocycles. The molecule has 0 amide bonds. The molecule has 3 rings (SSSR count). The van der Waals surface area contributed by atoms with Crippen molar-refractivity contribution in [2.45, 2.75) is 39.0 Å². The first-order chi connectivity index (χ1) is 10.6. The molecule has 0 aromatic heterocycles. The summed E-state index contributed by atoms with van der Waals surface area (Å²) in [4.78, 5) is 25.0. The number of ketones is 2. The summed E-state index contributed by atoms with van der Waals surface area (Å²) in [5.74, 6) is -0.0962. The Kier molecular flexibility index (Phi) is 3.97. The van der Waals surface area contributed by atoms with Gasteiger partial charge in [-0.15, -0.1) is 6.58 Å². The Morgan fingerprint density at radius 2 is 2.00 bits per heavy atom. The van der Waals surface area contributed by atoms with Crippen LogP contribution in [0.3, 0.4) is 0 Å². The molecular weight excluding hydrogens is 276 g/mol. The third-order valence-electron chi connectivity index (χ3n) is 4.30. The Labute approximate surface area is 130 Å². The molecule has 1 aromatic rings. The first-order valence-corrected chi connectivity index (χ1v) is 7.80. The standard InChI is InChI=1S/C19H20O3/c1-12(2)9-10-22-17-11-16(20)15-8-7-13-5-3-4-6-14(13)18(15)19(17)21/h7-8,11H,1,3-6,9-10H2,2H3. The number of carbonyl (C=O) groups is 2. The average molecular weight is 296 g/mol. The molecule has 0 aliphatic heterocycles. The lowest BCUT2D eigenvalue weighted by Gasteiger charge is -2.23. The summed E-state index contributed by atoms with van der Waals surface area (Å²) in [6.45, 7) is 6.11. The maximum atomic E-state index is 12.7. The fourth-order valence-corrected chi connectivity index (χ4v) is 3.12. The zero-order chi connectivity index (χ0) is 15.7. The molecule has 0 atom stereocenters. The van der Waals surface area contributed by atoms with E-state index < -0.39 is 0 Å². The van der Waals surface area contributed by atoms with Crippen molar-refractivity contribution in [1.82, 2.24) is 0 Å².